The fraction of sp³-hybridized carbons (Fsp3) is 0.250. The van der Waals surface area contributed by atoms with Crippen LogP contribution in [-0.4, -0.2) is 43.1 Å². The van der Waals surface area contributed by atoms with Crippen LogP contribution in [0.25, 0.3) is 22.6 Å². The number of hydrogen-bond acceptors (Lipinski definition) is 4. The van der Waals surface area contributed by atoms with Crippen LogP contribution in [0.3, 0.4) is 0 Å². The average Bonchev–Trinajstić information content (AvgIpc) is 2.77. The maximum atomic E-state index is 12.5. The summed E-state index contributed by atoms with van der Waals surface area (Å²) in [6.45, 7) is 1.36. The van der Waals surface area contributed by atoms with Gasteiger partial charge in [-0.3, -0.25) is 4.57 Å². The lowest BCUT2D eigenvalue weighted by Crippen LogP contribution is -2.47. The Bertz CT molecular complexity index is 954. The molecule has 116 valence electrons. The molecular weight excluding hydrogens is 294 g/mol. The molecule has 1 amide bonds. The third-order valence-electron chi connectivity index (χ3n) is 4.15. The number of benzene rings is 1. The zero-order valence-electron chi connectivity index (χ0n) is 12.6. The van der Waals surface area contributed by atoms with E-state index in [1.165, 1.54) is 4.57 Å². The summed E-state index contributed by atoms with van der Waals surface area (Å²) in [5.74, 6) is 0.494. The minimum Gasteiger partial charge on any atom is -0.324 e. The van der Waals surface area contributed by atoms with E-state index in [9.17, 15) is 9.59 Å². The highest BCUT2D eigenvalue weighted by atomic mass is 16.2. The topological polar surface area (TPSA) is 73.0 Å². The van der Waals surface area contributed by atoms with Crippen molar-refractivity contribution in [1.82, 2.24) is 24.0 Å². The molecule has 3 aromatic rings. The minimum absolute atomic E-state index is 0.315. The van der Waals surface area contributed by atoms with Crippen LogP contribution in [0.5, 0.6) is 0 Å². The molecule has 1 aliphatic heterocycles. The molecule has 0 atom stereocenters. The van der Waals surface area contributed by atoms with Crippen LogP contribution >= 0.6 is 0 Å². The van der Waals surface area contributed by atoms with Crippen molar-refractivity contribution in [1.29, 1.82) is 0 Å². The van der Waals surface area contributed by atoms with E-state index in [1.54, 1.807) is 18.1 Å². The fourth-order valence-corrected chi connectivity index (χ4v) is 2.66. The van der Waals surface area contributed by atoms with Gasteiger partial charge in [0.2, 0.25) is 0 Å². The number of aromatic nitrogens is 4. The number of hydrogen-bond donors (Lipinski definition) is 0. The third kappa shape index (κ3) is 2.04. The first kappa shape index (κ1) is 13.7. The van der Waals surface area contributed by atoms with E-state index in [1.807, 2.05) is 30.3 Å². The quantitative estimate of drug-likeness (QED) is 0.682. The highest BCUT2D eigenvalue weighted by Crippen LogP contribution is 2.18. The number of rotatable bonds is 1. The van der Waals surface area contributed by atoms with Gasteiger partial charge in [0.05, 0.1) is 6.20 Å². The summed E-state index contributed by atoms with van der Waals surface area (Å²) in [5.41, 5.74) is 1.34. The highest BCUT2D eigenvalue weighted by molar-refractivity contribution is 5.88. The van der Waals surface area contributed by atoms with Gasteiger partial charge in [-0.05, 0) is 6.42 Å². The Labute approximate surface area is 131 Å². The molecule has 4 rings (SSSR count). The molecule has 7 nitrogen and oxygen atoms in total. The van der Waals surface area contributed by atoms with Crippen LogP contribution in [0, 0.1) is 0 Å². The summed E-state index contributed by atoms with van der Waals surface area (Å²) >= 11 is 0. The van der Waals surface area contributed by atoms with E-state index in [4.69, 9.17) is 0 Å². The van der Waals surface area contributed by atoms with Gasteiger partial charge in [-0.2, -0.15) is 4.57 Å². The summed E-state index contributed by atoms with van der Waals surface area (Å²) in [6, 6.07) is 9.17. The van der Waals surface area contributed by atoms with Crippen molar-refractivity contribution in [3.63, 3.8) is 0 Å². The minimum atomic E-state index is -0.392. The Balaban J connectivity index is 1.93. The molecule has 0 bridgehead atoms. The zero-order chi connectivity index (χ0) is 16.0. The van der Waals surface area contributed by atoms with Crippen molar-refractivity contribution in [2.24, 2.45) is 7.05 Å². The molecule has 0 spiro atoms. The molecule has 1 aromatic carbocycles. The maximum absolute atomic E-state index is 12.5. The standard InChI is InChI=1S/C16H15N5O2/c1-19-12-10-17-13(11-6-3-2-4-7-11)18-14(12)21(15(19)22)16(23)20-8-5-9-20/h2-4,6-7,10H,5,8-9H2,1H3. The summed E-state index contributed by atoms with van der Waals surface area (Å²) < 4.78 is 2.55. The summed E-state index contributed by atoms with van der Waals surface area (Å²) in [7, 11) is 1.62. The second-order valence-corrected chi connectivity index (χ2v) is 5.57. The van der Waals surface area contributed by atoms with Gasteiger partial charge in [0, 0.05) is 25.7 Å². The van der Waals surface area contributed by atoms with Gasteiger partial charge >= 0.3 is 11.7 Å². The summed E-state index contributed by atoms with van der Waals surface area (Å²) in [5, 5.41) is 0. The van der Waals surface area contributed by atoms with E-state index in [-0.39, 0.29) is 6.03 Å². The van der Waals surface area contributed by atoms with Gasteiger partial charge in [-0.15, -0.1) is 0 Å². The number of fused-ring (bicyclic) bond motifs is 1. The zero-order valence-corrected chi connectivity index (χ0v) is 12.6. The molecule has 7 heteroatoms. The van der Waals surface area contributed by atoms with Crippen LogP contribution in [-0.2, 0) is 7.05 Å². The summed E-state index contributed by atoms with van der Waals surface area (Å²) in [4.78, 5) is 35.4. The lowest BCUT2D eigenvalue weighted by atomic mass is 10.2. The van der Waals surface area contributed by atoms with E-state index in [0.29, 0.717) is 30.1 Å². The Kier molecular flexibility index (Phi) is 3.00. The van der Waals surface area contributed by atoms with Crippen molar-refractivity contribution in [3.8, 4) is 11.4 Å². The molecular formula is C16H15N5O2. The van der Waals surface area contributed by atoms with Crippen LogP contribution in [0.4, 0.5) is 4.79 Å². The van der Waals surface area contributed by atoms with Gasteiger partial charge in [0.15, 0.2) is 11.5 Å². The molecule has 3 heterocycles. The first-order valence-corrected chi connectivity index (χ1v) is 7.46. The number of amides is 1. The molecule has 0 saturated carbocycles. The molecule has 0 radical (unpaired) electrons. The lowest BCUT2D eigenvalue weighted by molar-refractivity contribution is 0.169. The second-order valence-electron chi connectivity index (χ2n) is 5.57. The number of carbonyl (C=O) groups excluding carboxylic acids is 1. The Morgan fingerprint density at radius 3 is 2.57 bits per heavy atom. The van der Waals surface area contributed by atoms with Crippen LogP contribution in [0.2, 0.25) is 0 Å². The number of carbonyl (C=O) groups is 1. The molecule has 0 unspecified atom stereocenters. The molecule has 0 aliphatic carbocycles. The molecule has 1 fully saturated rings. The van der Waals surface area contributed by atoms with Crippen LogP contribution < -0.4 is 5.69 Å². The van der Waals surface area contributed by atoms with Crippen LogP contribution in [0.1, 0.15) is 6.42 Å². The number of imidazole rings is 1. The Morgan fingerprint density at radius 1 is 1.17 bits per heavy atom. The Morgan fingerprint density at radius 2 is 1.91 bits per heavy atom. The van der Waals surface area contributed by atoms with Gasteiger partial charge in [-0.25, -0.2) is 19.6 Å². The number of aryl methyl sites for hydroxylation is 1. The normalized spacial score (nSPS) is 14.0. The van der Waals surface area contributed by atoms with Crippen molar-refractivity contribution in [3.05, 3.63) is 47.0 Å². The molecule has 2 aromatic heterocycles. The van der Waals surface area contributed by atoms with Crippen LogP contribution in [0.15, 0.2) is 41.3 Å². The predicted molar refractivity (Wildman–Crippen MR) is 85.2 cm³/mol. The highest BCUT2D eigenvalue weighted by Gasteiger charge is 2.27. The van der Waals surface area contributed by atoms with Gasteiger partial charge in [0.1, 0.15) is 5.52 Å². The van der Waals surface area contributed by atoms with Gasteiger partial charge in [0.25, 0.3) is 0 Å². The molecule has 0 N–H and O–H groups in total. The van der Waals surface area contributed by atoms with Crippen molar-refractivity contribution in [2.45, 2.75) is 6.42 Å². The van der Waals surface area contributed by atoms with E-state index < -0.39 is 5.69 Å². The lowest BCUT2D eigenvalue weighted by Gasteiger charge is -2.30. The first-order chi connectivity index (χ1) is 11.2. The van der Waals surface area contributed by atoms with Crippen molar-refractivity contribution in [2.75, 3.05) is 13.1 Å². The summed E-state index contributed by atoms with van der Waals surface area (Å²) in [6.07, 6.45) is 2.56. The third-order valence-corrected chi connectivity index (χ3v) is 4.15. The van der Waals surface area contributed by atoms with E-state index >= 15 is 0 Å². The van der Waals surface area contributed by atoms with Gasteiger partial charge < -0.3 is 4.90 Å². The average molecular weight is 309 g/mol. The smallest absolute Gasteiger partial charge is 0.324 e. The largest absolute Gasteiger partial charge is 0.338 e. The molecule has 1 aliphatic rings. The number of nitrogens with zero attached hydrogens (tertiary/aromatic N) is 5. The first-order valence-electron chi connectivity index (χ1n) is 7.46. The molecule has 23 heavy (non-hydrogen) atoms. The van der Waals surface area contributed by atoms with Crippen molar-refractivity contribution < 1.29 is 4.79 Å². The Hall–Kier alpha value is -2.96. The van der Waals surface area contributed by atoms with Crippen molar-refractivity contribution >= 4 is 17.2 Å². The van der Waals surface area contributed by atoms with E-state index in [0.717, 1.165) is 16.6 Å². The fourth-order valence-electron chi connectivity index (χ4n) is 2.66. The van der Waals surface area contributed by atoms with E-state index in [2.05, 4.69) is 9.97 Å². The predicted octanol–water partition coefficient (Wildman–Crippen LogP) is 1.47. The molecule has 1 saturated heterocycles. The second kappa shape index (κ2) is 5.05. The number of likely N-dealkylation sites (tertiary alicyclic amines) is 1. The monoisotopic (exact) mass is 309 g/mol. The van der Waals surface area contributed by atoms with Gasteiger partial charge in [-0.1, -0.05) is 30.3 Å². The SMILES string of the molecule is Cn1c(=O)n(C(=O)N2CCC2)c2nc(-c3ccccc3)ncc21. The maximum Gasteiger partial charge on any atom is 0.338 e.